The van der Waals surface area contributed by atoms with Gasteiger partial charge < -0.3 is 15.8 Å². The van der Waals surface area contributed by atoms with E-state index in [1.165, 1.54) is 24.3 Å². The van der Waals surface area contributed by atoms with Gasteiger partial charge >= 0.3 is 0 Å². The van der Waals surface area contributed by atoms with Gasteiger partial charge in [0.2, 0.25) is 11.8 Å². The molecule has 1 fully saturated rings. The Labute approximate surface area is 146 Å². The molecule has 0 spiro atoms. The number of rotatable bonds is 6. The Morgan fingerprint density at radius 2 is 2.08 bits per heavy atom. The van der Waals surface area contributed by atoms with E-state index in [0.29, 0.717) is 24.6 Å². The van der Waals surface area contributed by atoms with Crippen LogP contribution in [0.4, 0.5) is 4.39 Å². The SMILES string of the molecule is N[C@@H]1CCC[C@H]1CC(=O)NCc1ccnc(Oc2ccc(F)cc2)c1. The van der Waals surface area contributed by atoms with Crippen molar-refractivity contribution in [2.24, 2.45) is 11.7 Å². The molecular formula is C19H22FN3O2. The van der Waals surface area contributed by atoms with E-state index in [1.807, 2.05) is 6.07 Å². The third-order valence-corrected chi connectivity index (χ3v) is 4.49. The van der Waals surface area contributed by atoms with E-state index in [2.05, 4.69) is 10.3 Å². The summed E-state index contributed by atoms with van der Waals surface area (Å²) in [5, 5.41) is 2.92. The Bertz CT molecular complexity index is 721. The summed E-state index contributed by atoms with van der Waals surface area (Å²) in [7, 11) is 0. The highest BCUT2D eigenvalue weighted by molar-refractivity contribution is 5.76. The first-order chi connectivity index (χ1) is 12.1. The molecule has 0 aliphatic heterocycles. The monoisotopic (exact) mass is 343 g/mol. The second-order valence-electron chi connectivity index (χ2n) is 6.39. The lowest BCUT2D eigenvalue weighted by atomic mass is 10.00. The van der Waals surface area contributed by atoms with E-state index in [1.54, 1.807) is 12.3 Å². The third-order valence-electron chi connectivity index (χ3n) is 4.49. The minimum atomic E-state index is -0.321. The van der Waals surface area contributed by atoms with Crippen LogP contribution in [-0.4, -0.2) is 16.9 Å². The van der Waals surface area contributed by atoms with Crippen LogP contribution in [0.25, 0.3) is 0 Å². The van der Waals surface area contributed by atoms with Crippen molar-refractivity contribution >= 4 is 5.91 Å². The van der Waals surface area contributed by atoms with Crippen LogP contribution in [-0.2, 0) is 11.3 Å². The molecule has 25 heavy (non-hydrogen) atoms. The van der Waals surface area contributed by atoms with E-state index < -0.39 is 0 Å². The largest absolute Gasteiger partial charge is 0.439 e. The molecule has 0 saturated heterocycles. The van der Waals surface area contributed by atoms with Gasteiger partial charge in [0.05, 0.1) is 0 Å². The fourth-order valence-electron chi connectivity index (χ4n) is 3.07. The number of aromatic nitrogens is 1. The van der Waals surface area contributed by atoms with Crippen molar-refractivity contribution in [2.45, 2.75) is 38.3 Å². The van der Waals surface area contributed by atoms with E-state index in [9.17, 15) is 9.18 Å². The molecule has 2 atom stereocenters. The standard InChI is InChI=1S/C19H22FN3O2/c20-15-4-6-16(7-5-15)25-19-10-13(8-9-22-19)12-23-18(24)11-14-2-1-3-17(14)21/h4-10,14,17H,1-3,11-12,21H2,(H,23,24)/t14-,17+/m0/s1. The molecule has 1 aliphatic rings. The highest BCUT2D eigenvalue weighted by atomic mass is 19.1. The van der Waals surface area contributed by atoms with E-state index >= 15 is 0 Å². The molecule has 6 heteroatoms. The van der Waals surface area contributed by atoms with Crippen LogP contribution in [0.5, 0.6) is 11.6 Å². The number of halogens is 1. The fourth-order valence-corrected chi connectivity index (χ4v) is 3.07. The molecule has 3 rings (SSSR count). The summed E-state index contributed by atoms with van der Waals surface area (Å²) in [4.78, 5) is 16.2. The van der Waals surface area contributed by atoms with Crippen molar-refractivity contribution in [1.29, 1.82) is 0 Å². The smallest absolute Gasteiger partial charge is 0.220 e. The lowest BCUT2D eigenvalue weighted by Gasteiger charge is -2.14. The van der Waals surface area contributed by atoms with Crippen LogP contribution < -0.4 is 15.8 Å². The Kier molecular flexibility index (Phi) is 5.60. The number of pyridine rings is 1. The number of amides is 1. The summed E-state index contributed by atoms with van der Waals surface area (Å²) >= 11 is 0. The van der Waals surface area contributed by atoms with Gasteiger partial charge in [-0.05, 0) is 54.7 Å². The summed E-state index contributed by atoms with van der Waals surface area (Å²) in [5.74, 6) is 0.884. The van der Waals surface area contributed by atoms with Crippen molar-refractivity contribution in [2.75, 3.05) is 0 Å². The molecule has 0 radical (unpaired) electrons. The average Bonchev–Trinajstić information content (AvgIpc) is 3.00. The number of nitrogens with two attached hydrogens (primary N) is 1. The van der Waals surface area contributed by atoms with E-state index in [4.69, 9.17) is 10.5 Å². The third kappa shape index (κ3) is 5.00. The van der Waals surface area contributed by atoms with Crippen molar-refractivity contribution in [3.05, 3.63) is 54.0 Å². The van der Waals surface area contributed by atoms with Gasteiger partial charge in [0.1, 0.15) is 11.6 Å². The van der Waals surface area contributed by atoms with Crippen LogP contribution in [0.2, 0.25) is 0 Å². The lowest BCUT2D eigenvalue weighted by molar-refractivity contribution is -0.122. The molecular weight excluding hydrogens is 321 g/mol. The molecule has 0 unspecified atom stereocenters. The number of nitrogens with zero attached hydrogens (tertiary/aromatic N) is 1. The quantitative estimate of drug-likeness (QED) is 0.845. The number of hydrogen-bond acceptors (Lipinski definition) is 4. The van der Waals surface area contributed by atoms with Crippen LogP contribution in [0.3, 0.4) is 0 Å². The maximum atomic E-state index is 12.9. The van der Waals surface area contributed by atoms with E-state index in [0.717, 1.165) is 24.8 Å². The Morgan fingerprint density at radius 1 is 1.28 bits per heavy atom. The normalized spacial score (nSPS) is 19.6. The molecule has 1 aromatic heterocycles. The first-order valence-corrected chi connectivity index (χ1v) is 8.51. The van der Waals surface area contributed by atoms with E-state index in [-0.39, 0.29) is 23.7 Å². The molecule has 1 aliphatic carbocycles. The van der Waals surface area contributed by atoms with Gasteiger partial charge in [-0.1, -0.05) is 6.42 Å². The second kappa shape index (κ2) is 8.07. The molecule has 5 nitrogen and oxygen atoms in total. The zero-order chi connectivity index (χ0) is 17.6. The number of ether oxygens (including phenoxy) is 1. The lowest BCUT2D eigenvalue weighted by Crippen LogP contribution is -2.31. The van der Waals surface area contributed by atoms with Crippen molar-refractivity contribution in [3.63, 3.8) is 0 Å². The van der Waals surface area contributed by atoms with Gasteiger partial charge in [-0.3, -0.25) is 4.79 Å². The zero-order valence-electron chi connectivity index (χ0n) is 14.0. The van der Waals surface area contributed by atoms with Gasteiger partial charge in [0.15, 0.2) is 0 Å². The molecule has 1 amide bonds. The van der Waals surface area contributed by atoms with Gasteiger partial charge in [-0.15, -0.1) is 0 Å². The first-order valence-electron chi connectivity index (χ1n) is 8.51. The maximum absolute atomic E-state index is 12.9. The predicted octanol–water partition coefficient (Wildman–Crippen LogP) is 3.15. The maximum Gasteiger partial charge on any atom is 0.220 e. The highest BCUT2D eigenvalue weighted by Crippen LogP contribution is 2.26. The molecule has 1 saturated carbocycles. The van der Waals surface area contributed by atoms with Gasteiger partial charge in [0.25, 0.3) is 0 Å². The topological polar surface area (TPSA) is 77.2 Å². The van der Waals surface area contributed by atoms with Crippen LogP contribution in [0.1, 0.15) is 31.2 Å². The van der Waals surface area contributed by atoms with Crippen molar-refractivity contribution < 1.29 is 13.9 Å². The summed E-state index contributed by atoms with van der Waals surface area (Å²) in [6, 6.07) is 9.44. The molecule has 132 valence electrons. The number of carbonyl (C=O) groups is 1. The summed E-state index contributed by atoms with van der Waals surface area (Å²) in [5.41, 5.74) is 6.89. The summed E-state index contributed by atoms with van der Waals surface area (Å²) in [6.45, 7) is 0.406. The molecule has 3 N–H and O–H groups in total. The second-order valence-corrected chi connectivity index (χ2v) is 6.39. The van der Waals surface area contributed by atoms with Crippen molar-refractivity contribution in [1.82, 2.24) is 10.3 Å². The van der Waals surface area contributed by atoms with Crippen LogP contribution in [0, 0.1) is 11.7 Å². The van der Waals surface area contributed by atoms with Gasteiger partial charge in [-0.25, -0.2) is 9.37 Å². The molecule has 0 bridgehead atoms. The number of hydrogen-bond donors (Lipinski definition) is 2. The average molecular weight is 343 g/mol. The first kappa shape index (κ1) is 17.4. The highest BCUT2D eigenvalue weighted by Gasteiger charge is 2.25. The van der Waals surface area contributed by atoms with Gasteiger partial charge in [0, 0.05) is 31.3 Å². The van der Waals surface area contributed by atoms with Crippen LogP contribution >= 0.6 is 0 Å². The van der Waals surface area contributed by atoms with Gasteiger partial charge in [-0.2, -0.15) is 0 Å². The Hall–Kier alpha value is -2.47. The number of benzene rings is 1. The van der Waals surface area contributed by atoms with Crippen molar-refractivity contribution in [3.8, 4) is 11.6 Å². The Morgan fingerprint density at radius 3 is 2.80 bits per heavy atom. The molecule has 1 aromatic carbocycles. The minimum Gasteiger partial charge on any atom is -0.439 e. The molecule has 2 aromatic rings. The summed E-state index contributed by atoms with van der Waals surface area (Å²) < 4.78 is 18.5. The molecule has 1 heterocycles. The number of carbonyl (C=O) groups excluding carboxylic acids is 1. The minimum absolute atomic E-state index is 0.0140. The zero-order valence-corrected chi connectivity index (χ0v) is 14.0. The van der Waals surface area contributed by atoms with Crippen LogP contribution in [0.15, 0.2) is 42.6 Å². The number of nitrogens with one attached hydrogen (secondary N) is 1. The fraction of sp³-hybridized carbons (Fsp3) is 0.368. The predicted molar refractivity (Wildman–Crippen MR) is 92.5 cm³/mol. The summed E-state index contributed by atoms with van der Waals surface area (Å²) in [6.07, 6.45) is 5.23. The Balaban J connectivity index is 1.52.